The summed E-state index contributed by atoms with van der Waals surface area (Å²) >= 11 is 5.78. The maximum absolute atomic E-state index is 5.78. The van der Waals surface area contributed by atoms with E-state index in [2.05, 4.69) is 4.98 Å². The molecular formula is C10H9ClN2. The summed E-state index contributed by atoms with van der Waals surface area (Å²) < 4.78 is 1.96. The number of hydrogen-bond acceptors (Lipinski definition) is 1. The van der Waals surface area contributed by atoms with Gasteiger partial charge in [-0.2, -0.15) is 0 Å². The van der Waals surface area contributed by atoms with Gasteiger partial charge in [0, 0.05) is 11.9 Å². The topological polar surface area (TPSA) is 17.8 Å². The molecule has 66 valence electrons. The number of para-hydroxylation sites is 1. The highest BCUT2D eigenvalue weighted by atomic mass is 35.5. The highest BCUT2D eigenvalue weighted by Gasteiger charge is 2.02. The Kier molecular flexibility index (Phi) is 2.07. The second-order valence-electron chi connectivity index (χ2n) is 2.82. The van der Waals surface area contributed by atoms with Crippen molar-refractivity contribution in [3.8, 4) is 5.69 Å². The number of benzene rings is 1. The lowest BCUT2D eigenvalue weighted by molar-refractivity contribution is 0.975. The summed E-state index contributed by atoms with van der Waals surface area (Å²) in [6, 6.07) is 10.00. The van der Waals surface area contributed by atoms with E-state index in [0.29, 0.717) is 5.15 Å². The molecular weight excluding hydrogens is 184 g/mol. The molecule has 1 aromatic carbocycles. The molecule has 0 aliphatic carbocycles. The number of aryl methyl sites for hydroxylation is 1. The maximum atomic E-state index is 5.78. The normalized spacial score (nSPS) is 10.3. The van der Waals surface area contributed by atoms with Crippen molar-refractivity contribution in [1.29, 1.82) is 0 Å². The molecule has 0 bridgehead atoms. The van der Waals surface area contributed by atoms with Gasteiger partial charge in [0.1, 0.15) is 11.0 Å². The molecule has 2 nitrogen and oxygen atoms in total. The van der Waals surface area contributed by atoms with Crippen LogP contribution in [0.4, 0.5) is 0 Å². The highest BCUT2D eigenvalue weighted by molar-refractivity contribution is 6.29. The van der Waals surface area contributed by atoms with Crippen LogP contribution in [-0.4, -0.2) is 9.55 Å². The predicted octanol–water partition coefficient (Wildman–Crippen LogP) is 2.83. The predicted molar refractivity (Wildman–Crippen MR) is 53.3 cm³/mol. The molecule has 13 heavy (non-hydrogen) atoms. The summed E-state index contributed by atoms with van der Waals surface area (Å²) in [7, 11) is 0. The molecule has 0 atom stereocenters. The van der Waals surface area contributed by atoms with Gasteiger partial charge in [-0.05, 0) is 19.1 Å². The van der Waals surface area contributed by atoms with Crippen molar-refractivity contribution >= 4 is 11.6 Å². The third-order valence-electron chi connectivity index (χ3n) is 1.89. The van der Waals surface area contributed by atoms with E-state index in [1.54, 1.807) is 0 Å². The van der Waals surface area contributed by atoms with E-state index in [9.17, 15) is 0 Å². The Morgan fingerprint density at radius 1 is 1.23 bits per heavy atom. The number of aromatic nitrogens is 2. The first-order valence-electron chi connectivity index (χ1n) is 4.04. The second kappa shape index (κ2) is 3.23. The number of imidazole rings is 1. The molecule has 1 aromatic heterocycles. The van der Waals surface area contributed by atoms with Crippen LogP contribution in [0.5, 0.6) is 0 Å². The van der Waals surface area contributed by atoms with Gasteiger partial charge in [0.05, 0.1) is 0 Å². The molecule has 0 saturated carbocycles. The van der Waals surface area contributed by atoms with Crippen LogP contribution in [0.3, 0.4) is 0 Å². The Labute approximate surface area is 81.8 Å². The van der Waals surface area contributed by atoms with Crippen LogP contribution in [0, 0.1) is 6.92 Å². The van der Waals surface area contributed by atoms with Gasteiger partial charge in [-0.15, -0.1) is 0 Å². The lowest BCUT2D eigenvalue weighted by Gasteiger charge is -2.02. The minimum Gasteiger partial charge on any atom is -0.302 e. The fraction of sp³-hybridized carbons (Fsp3) is 0.100. The van der Waals surface area contributed by atoms with Crippen LogP contribution >= 0.6 is 11.6 Å². The van der Waals surface area contributed by atoms with Gasteiger partial charge in [-0.25, -0.2) is 4.98 Å². The van der Waals surface area contributed by atoms with E-state index in [-0.39, 0.29) is 0 Å². The van der Waals surface area contributed by atoms with Gasteiger partial charge in [-0.3, -0.25) is 0 Å². The van der Waals surface area contributed by atoms with E-state index in [0.717, 1.165) is 11.5 Å². The van der Waals surface area contributed by atoms with E-state index >= 15 is 0 Å². The van der Waals surface area contributed by atoms with Gasteiger partial charge in [0.2, 0.25) is 0 Å². The van der Waals surface area contributed by atoms with Crippen LogP contribution in [-0.2, 0) is 0 Å². The Morgan fingerprint density at radius 3 is 2.46 bits per heavy atom. The van der Waals surface area contributed by atoms with Crippen LogP contribution in [0.15, 0.2) is 36.5 Å². The largest absolute Gasteiger partial charge is 0.302 e. The number of hydrogen-bond donors (Lipinski definition) is 0. The summed E-state index contributed by atoms with van der Waals surface area (Å²) in [5, 5.41) is 0.529. The molecule has 0 aliphatic heterocycles. The lowest BCUT2D eigenvalue weighted by atomic mass is 10.3. The van der Waals surface area contributed by atoms with E-state index in [1.807, 2.05) is 48.0 Å². The van der Waals surface area contributed by atoms with Gasteiger partial charge < -0.3 is 4.57 Å². The summed E-state index contributed by atoms with van der Waals surface area (Å²) in [6.07, 6.45) is 1.81. The first kappa shape index (κ1) is 8.32. The molecule has 1 heterocycles. The molecule has 0 N–H and O–H groups in total. The SMILES string of the molecule is Cc1nc(Cl)cn1-c1ccccc1. The van der Waals surface area contributed by atoms with E-state index in [1.165, 1.54) is 0 Å². The monoisotopic (exact) mass is 192 g/mol. The summed E-state index contributed by atoms with van der Waals surface area (Å²) in [4.78, 5) is 4.12. The van der Waals surface area contributed by atoms with Crippen LogP contribution in [0.1, 0.15) is 5.82 Å². The zero-order valence-corrected chi connectivity index (χ0v) is 7.99. The second-order valence-corrected chi connectivity index (χ2v) is 3.20. The highest BCUT2D eigenvalue weighted by Crippen LogP contribution is 2.14. The first-order chi connectivity index (χ1) is 6.27. The quantitative estimate of drug-likeness (QED) is 0.680. The molecule has 3 heteroatoms. The van der Waals surface area contributed by atoms with Crippen molar-refractivity contribution in [3.63, 3.8) is 0 Å². The van der Waals surface area contributed by atoms with Crippen molar-refractivity contribution in [2.24, 2.45) is 0 Å². The molecule has 0 unspecified atom stereocenters. The Hall–Kier alpha value is -1.28. The summed E-state index contributed by atoms with van der Waals surface area (Å²) in [5.74, 6) is 0.899. The Bertz CT molecular complexity index is 406. The zero-order valence-electron chi connectivity index (χ0n) is 7.24. The molecule has 0 aliphatic rings. The Morgan fingerprint density at radius 2 is 1.92 bits per heavy atom. The van der Waals surface area contributed by atoms with Gasteiger partial charge in [-0.1, -0.05) is 29.8 Å². The third kappa shape index (κ3) is 1.58. The van der Waals surface area contributed by atoms with Crippen molar-refractivity contribution in [2.45, 2.75) is 6.92 Å². The molecule has 0 saturated heterocycles. The fourth-order valence-electron chi connectivity index (χ4n) is 1.29. The van der Waals surface area contributed by atoms with Crippen LogP contribution < -0.4 is 0 Å². The first-order valence-corrected chi connectivity index (χ1v) is 4.42. The van der Waals surface area contributed by atoms with Gasteiger partial charge in [0.25, 0.3) is 0 Å². The number of nitrogens with zero attached hydrogens (tertiary/aromatic N) is 2. The van der Waals surface area contributed by atoms with Gasteiger partial charge in [0.15, 0.2) is 0 Å². The minimum absolute atomic E-state index is 0.529. The van der Waals surface area contributed by atoms with Crippen LogP contribution in [0.25, 0.3) is 5.69 Å². The average molecular weight is 193 g/mol. The Balaban J connectivity index is 2.53. The van der Waals surface area contributed by atoms with Crippen molar-refractivity contribution in [3.05, 3.63) is 47.5 Å². The fourth-order valence-corrected chi connectivity index (χ4v) is 1.51. The molecule has 0 fully saturated rings. The smallest absolute Gasteiger partial charge is 0.147 e. The molecule has 0 radical (unpaired) electrons. The van der Waals surface area contributed by atoms with E-state index in [4.69, 9.17) is 11.6 Å². The van der Waals surface area contributed by atoms with Crippen molar-refractivity contribution in [2.75, 3.05) is 0 Å². The van der Waals surface area contributed by atoms with Gasteiger partial charge >= 0.3 is 0 Å². The number of rotatable bonds is 1. The molecule has 0 amide bonds. The summed E-state index contributed by atoms with van der Waals surface area (Å²) in [6.45, 7) is 1.93. The van der Waals surface area contributed by atoms with Crippen molar-refractivity contribution in [1.82, 2.24) is 9.55 Å². The van der Waals surface area contributed by atoms with Crippen LogP contribution in [0.2, 0.25) is 5.15 Å². The minimum atomic E-state index is 0.529. The standard InChI is InChI=1S/C10H9ClN2/c1-8-12-10(11)7-13(8)9-5-3-2-4-6-9/h2-7H,1H3. The average Bonchev–Trinajstić information content (AvgIpc) is 2.47. The third-order valence-corrected chi connectivity index (χ3v) is 2.07. The maximum Gasteiger partial charge on any atom is 0.147 e. The number of halogens is 1. The van der Waals surface area contributed by atoms with Crippen molar-refractivity contribution < 1.29 is 0 Å². The zero-order chi connectivity index (χ0) is 9.26. The molecule has 0 spiro atoms. The molecule has 2 aromatic rings. The summed E-state index contributed by atoms with van der Waals surface area (Å²) in [5.41, 5.74) is 1.08. The lowest BCUT2D eigenvalue weighted by Crippen LogP contribution is -1.93. The molecule has 2 rings (SSSR count). The van der Waals surface area contributed by atoms with E-state index < -0.39 is 0 Å².